The summed E-state index contributed by atoms with van der Waals surface area (Å²) >= 11 is 0. The molecule has 0 saturated carbocycles. The van der Waals surface area contributed by atoms with Crippen LogP contribution in [0.15, 0.2) is 48.5 Å². The van der Waals surface area contributed by atoms with Crippen molar-refractivity contribution in [2.75, 3.05) is 14.1 Å². The van der Waals surface area contributed by atoms with Crippen LogP contribution in [0.5, 0.6) is 0 Å². The number of nitrogens with zero attached hydrogens (tertiary/aromatic N) is 1. The zero-order chi connectivity index (χ0) is 13.4. The maximum absolute atomic E-state index is 4.16. The first kappa shape index (κ1) is 12.4. The fraction of sp³-hybridized carbons (Fsp3) is 0.278. The summed E-state index contributed by atoms with van der Waals surface area (Å²) in [5.41, 5.74) is 5.68. The van der Waals surface area contributed by atoms with Crippen molar-refractivity contribution in [2.45, 2.75) is 18.4 Å². The summed E-state index contributed by atoms with van der Waals surface area (Å²) in [5.74, 6) is 0.444. The predicted molar refractivity (Wildman–Crippen MR) is 81.2 cm³/mol. The highest BCUT2D eigenvalue weighted by molar-refractivity contribution is 5.79. The van der Waals surface area contributed by atoms with Crippen LogP contribution in [-0.2, 0) is 0 Å². The van der Waals surface area contributed by atoms with Crippen LogP contribution in [-0.4, -0.2) is 25.0 Å². The van der Waals surface area contributed by atoms with Crippen molar-refractivity contribution in [3.63, 3.8) is 0 Å². The molecule has 1 radical (unpaired) electrons. The Morgan fingerprint density at radius 3 is 1.84 bits per heavy atom. The van der Waals surface area contributed by atoms with Gasteiger partial charge in [0.2, 0.25) is 0 Å². The van der Waals surface area contributed by atoms with Crippen molar-refractivity contribution in [2.24, 2.45) is 0 Å². The molecule has 0 bridgehead atoms. The average molecular weight is 250 g/mol. The molecule has 1 aliphatic carbocycles. The smallest absolute Gasteiger partial charge is 0.0257 e. The number of benzene rings is 2. The molecule has 0 fully saturated rings. The summed E-state index contributed by atoms with van der Waals surface area (Å²) in [4.78, 5) is 2.30. The molecule has 2 aromatic carbocycles. The third-order valence-corrected chi connectivity index (χ3v) is 4.23. The van der Waals surface area contributed by atoms with E-state index in [1.54, 1.807) is 0 Å². The van der Waals surface area contributed by atoms with E-state index in [0.717, 1.165) is 6.42 Å². The second-order valence-corrected chi connectivity index (χ2v) is 5.47. The van der Waals surface area contributed by atoms with Gasteiger partial charge in [0, 0.05) is 12.0 Å². The Kier molecular flexibility index (Phi) is 3.16. The Balaban J connectivity index is 2.19. The van der Waals surface area contributed by atoms with Crippen LogP contribution in [0.3, 0.4) is 0 Å². The Labute approximate surface area is 115 Å². The maximum atomic E-state index is 4.16. The number of hydrogen-bond donors (Lipinski definition) is 0. The summed E-state index contributed by atoms with van der Waals surface area (Å²) in [6.45, 7) is 4.16. The second-order valence-electron chi connectivity index (χ2n) is 5.47. The molecule has 0 amide bonds. The highest BCUT2D eigenvalue weighted by Crippen LogP contribution is 2.47. The van der Waals surface area contributed by atoms with Gasteiger partial charge in [-0.25, -0.2) is 0 Å². The van der Waals surface area contributed by atoms with E-state index in [4.69, 9.17) is 0 Å². The van der Waals surface area contributed by atoms with Crippen LogP contribution in [0, 0.1) is 6.92 Å². The molecule has 1 heteroatoms. The molecular weight excluding hydrogens is 230 g/mol. The van der Waals surface area contributed by atoms with E-state index in [1.165, 1.54) is 22.3 Å². The van der Waals surface area contributed by atoms with Crippen molar-refractivity contribution in [1.82, 2.24) is 4.90 Å². The van der Waals surface area contributed by atoms with Gasteiger partial charge in [-0.3, -0.25) is 0 Å². The Hall–Kier alpha value is -1.60. The minimum absolute atomic E-state index is 0.444. The van der Waals surface area contributed by atoms with Crippen molar-refractivity contribution >= 4 is 0 Å². The lowest BCUT2D eigenvalue weighted by atomic mass is 9.87. The molecule has 0 aromatic heterocycles. The molecule has 0 spiro atoms. The zero-order valence-electron chi connectivity index (χ0n) is 11.6. The van der Waals surface area contributed by atoms with Crippen molar-refractivity contribution in [1.29, 1.82) is 0 Å². The summed E-state index contributed by atoms with van der Waals surface area (Å²) in [7, 11) is 4.30. The normalized spacial score (nSPS) is 15.4. The summed E-state index contributed by atoms with van der Waals surface area (Å²) < 4.78 is 0. The van der Waals surface area contributed by atoms with E-state index in [-0.39, 0.29) is 0 Å². The zero-order valence-corrected chi connectivity index (χ0v) is 11.6. The fourth-order valence-electron chi connectivity index (χ4n) is 3.33. The number of likely N-dealkylation sites (N-methyl/N-ethyl adjacent to an activating group) is 1. The first-order valence-electron chi connectivity index (χ1n) is 6.88. The molecular formula is C18H20N. The highest BCUT2D eigenvalue weighted by atomic mass is 15.1. The first-order valence-corrected chi connectivity index (χ1v) is 6.88. The number of hydrogen-bond acceptors (Lipinski definition) is 1. The van der Waals surface area contributed by atoms with Gasteiger partial charge in [-0.05, 0) is 42.8 Å². The summed E-state index contributed by atoms with van der Waals surface area (Å²) in [6.07, 6.45) is 0.917. The van der Waals surface area contributed by atoms with E-state index >= 15 is 0 Å². The maximum Gasteiger partial charge on any atom is 0.0257 e. The van der Waals surface area contributed by atoms with Gasteiger partial charge < -0.3 is 4.90 Å². The van der Waals surface area contributed by atoms with Gasteiger partial charge in [0.1, 0.15) is 0 Å². The Morgan fingerprint density at radius 2 is 1.42 bits per heavy atom. The van der Waals surface area contributed by atoms with Crippen LogP contribution in [0.2, 0.25) is 0 Å². The molecule has 97 valence electrons. The second kappa shape index (κ2) is 4.82. The van der Waals surface area contributed by atoms with Crippen molar-refractivity contribution in [3.8, 4) is 11.1 Å². The molecule has 1 atom stereocenters. The molecule has 1 unspecified atom stereocenters. The lowest BCUT2D eigenvalue weighted by Crippen LogP contribution is -2.33. The molecule has 1 nitrogen and oxygen atoms in total. The van der Waals surface area contributed by atoms with Gasteiger partial charge in [0.25, 0.3) is 0 Å². The first-order chi connectivity index (χ1) is 9.24. The Morgan fingerprint density at radius 1 is 0.947 bits per heavy atom. The topological polar surface area (TPSA) is 3.24 Å². The minimum Gasteiger partial charge on any atom is -0.306 e. The van der Waals surface area contributed by atoms with Gasteiger partial charge in [-0.2, -0.15) is 0 Å². The van der Waals surface area contributed by atoms with Crippen LogP contribution in [0.25, 0.3) is 11.1 Å². The third-order valence-electron chi connectivity index (χ3n) is 4.23. The quantitative estimate of drug-likeness (QED) is 0.797. The van der Waals surface area contributed by atoms with E-state index < -0.39 is 0 Å². The molecule has 19 heavy (non-hydrogen) atoms. The molecule has 0 aliphatic heterocycles. The van der Waals surface area contributed by atoms with Gasteiger partial charge in [-0.15, -0.1) is 0 Å². The molecule has 0 N–H and O–H groups in total. The fourth-order valence-corrected chi connectivity index (χ4v) is 3.33. The predicted octanol–water partition coefficient (Wildman–Crippen LogP) is 3.95. The van der Waals surface area contributed by atoms with E-state index in [1.807, 2.05) is 0 Å². The molecule has 2 aromatic rings. The van der Waals surface area contributed by atoms with Crippen LogP contribution < -0.4 is 0 Å². The average Bonchev–Trinajstić information content (AvgIpc) is 2.75. The van der Waals surface area contributed by atoms with E-state index in [9.17, 15) is 0 Å². The largest absolute Gasteiger partial charge is 0.306 e. The third kappa shape index (κ3) is 1.89. The van der Waals surface area contributed by atoms with Crippen LogP contribution >= 0.6 is 0 Å². The van der Waals surface area contributed by atoms with Crippen molar-refractivity contribution < 1.29 is 0 Å². The molecule has 3 rings (SSSR count). The number of rotatable bonds is 3. The van der Waals surface area contributed by atoms with Gasteiger partial charge >= 0.3 is 0 Å². The monoisotopic (exact) mass is 250 g/mol. The van der Waals surface area contributed by atoms with Gasteiger partial charge in [0.05, 0.1) is 0 Å². The SMILES string of the molecule is [CH2]CC(C1c2ccccc2-c2ccccc21)N(C)C. The minimum atomic E-state index is 0.444. The van der Waals surface area contributed by atoms with Crippen LogP contribution in [0.1, 0.15) is 23.5 Å². The number of fused-ring (bicyclic) bond motifs is 3. The van der Waals surface area contributed by atoms with Gasteiger partial charge in [0.15, 0.2) is 0 Å². The standard InChI is InChI=1S/C18H20N/c1-4-17(19(2)3)18-15-11-7-5-9-13(15)14-10-6-8-12-16(14)18/h5-12,17-18H,1,4H2,2-3H3. The lowest BCUT2D eigenvalue weighted by molar-refractivity contribution is 0.272. The van der Waals surface area contributed by atoms with E-state index in [0.29, 0.717) is 12.0 Å². The molecule has 1 aliphatic rings. The molecule has 0 heterocycles. The van der Waals surface area contributed by atoms with Gasteiger partial charge in [-0.1, -0.05) is 55.5 Å². The lowest BCUT2D eigenvalue weighted by Gasteiger charge is -2.30. The van der Waals surface area contributed by atoms with Crippen LogP contribution in [0.4, 0.5) is 0 Å². The summed E-state index contributed by atoms with van der Waals surface area (Å²) in [5, 5.41) is 0. The Bertz CT molecular complexity index is 540. The van der Waals surface area contributed by atoms with Crippen molar-refractivity contribution in [3.05, 3.63) is 66.6 Å². The summed E-state index contributed by atoms with van der Waals surface area (Å²) in [6, 6.07) is 18.0. The molecule has 0 saturated heterocycles. The van der Waals surface area contributed by atoms with E-state index in [2.05, 4.69) is 74.4 Å². The highest BCUT2D eigenvalue weighted by Gasteiger charge is 2.33.